The molecular weight excluding hydrogens is 280 g/mol. The number of rotatable bonds is 6. The third-order valence-electron chi connectivity index (χ3n) is 3.68. The summed E-state index contributed by atoms with van der Waals surface area (Å²) in [6.45, 7) is 3.05. The number of anilines is 1. The van der Waals surface area contributed by atoms with Crippen molar-refractivity contribution in [3.8, 4) is 0 Å². The summed E-state index contributed by atoms with van der Waals surface area (Å²) >= 11 is 0. The van der Waals surface area contributed by atoms with Crippen LogP contribution >= 0.6 is 0 Å². The Bertz CT molecular complexity index is 555. The van der Waals surface area contributed by atoms with Gasteiger partial charge >= 0.3 is 0 Å². The van der Waals surface area contributed by atoms with Gasteiger partial charge in [-0.05, 0) is 32.6 Å². The SMILES string of the molecule is CCn1cc(S(=O)(=O)N2CCCC2CCCO)c(N)n1. The first-order valence-electron chi connectivity index (χ1n) is 6.96. The summed E-state index contributed by atoms with van der Waals surface area (Å²) < 4.78 is 28.4. The molecule has 1 unspecified atom stereocenters. The van der Waals surface area contributed by atoms with Gasteiger partial charge < -0.3 is 10.8 Å². The van der Waals surface area contributed by atoms with Crippen molar-refractivity contribution in [2.24, 2.45) is 0 Å². The van der Waals surface area contributed by atoms with Gasteiger partial charge in [0.1, 0.15) is 4.90 Å². The zero-order valence-electron chi connectivity index (χ0n) is 11.7. The van der Waals surface area contributed by atoms with Crippen molar-refractivity contribution < 1.29 is 13.5 Å². The maximum absolute atomic E-state index is 12.7. The summed E-state index contributed by atoms with van der Waals surface area (Å²) in [5.41, 5.74) is 5.74. The summed E-state index contributed by atoms with van der Waals surface area (Å²) in [6, 6.07) is -0.0449. The largest absolute Gasteiger partial charge is 0.396 e. The lowest BCUT2D eigenvalue weighted by Gasteiger charge is -2.23. The van der Waals surface area contributed by atoms with E-state index in [1.807, 2.05) is 6.92 Å². The Balaban J connectivity index is 2.26. The van der Waals surface area contributed by atoms with Crippen LogP contribution in [-0.4, -0.2) is 46.8 Å². The number of nitrogens with zero attached hydrogens (tertiary/aromatic N) is 3. The van der Waals surface area contributed by atoms with E-state index >= 15 is 0 Å². The summed E-state index contributed by atoms with van der Waals surface area (Å²) in [5, 5.41) is 12.9. The van der Waals surface area contributed by atoms with Crippen LogP contribution in [0, 0.1) is 0 Å². The Morgan fingerprint density at radius 2 is 2.30 bits per heavy atom. The number of aromatic nitrogens is 2. The third kappa shape index (κ3) is 2.82. The van der Waals surface area contributed by atoms with Crippen molar-refractivity contribution in [3.05, 3.63) is 6.20 Å². The molecule has 20 heavy (non-hydrogen) atoms. The molecule has 3 N–H and O–H groups in total. The first-order valence-corrected chi connectivity index (χ1v) is 8.40. The number of hydrogen-bond acceptors (Lipinski definition) is 5. The van der Waals surface area contributed by atoms with Gasteiger partial charge in [-0.2, -0.15) is 9.40 Å². The van der Waals surface area contributed by atoms with Gasteiger partial charge in [-0.1, -0.05) is 0 Å². The van der Waals surface area contributed by atoms with E-state index in [-0.39, 0.29) is 23.4 Å². The van der Waals surface area contributed by atoms with Gasteiger partial charge in [0.2, 0.25) is 10.0 Å². The second-order valence-electron chi connectivity index (χ2n) is 5.01. The van der Waals surface area contributed by atoms with Gasteiger partial charge in [0, 0.05) is 31.9 Å². The van der Waals surface area contributed by atoms with E-state index in [1.54, 1.807) is 0 Å². The van der Waals surface area contributed by atoms with E-state index in [2.05, 4.69) is 5.10 Å². The monoisotopic (exact) mass is 302 g/mol. The molecule has 2 rings (SSSR count). The van der Waals surface area contributed by atoms with E-state index in [0.717, 1.165) is 12.8 Å². The summed E-state index contributed by atoms with van der Waals surface area (Å²) in [5.74, 6) is 0.0552. The fourth-order valence-electron chi connectivity index (χ4n) is 2.65. The molecule has 0 bridgehead atoms. The van der Waals surface area contributed by atoms with Crippen LogP contribution in [0.25, 0.3) is 0 Å². The molecule has 1 aromatic rings. The maximum atomic E-state index is 12.7. The molecule has 1 saturated heterocycles. The highest BCUT2D eigenvalue weighted by molar-refractivity contribution is 7.89. The molecule has 1 aliphatic rings. The van der Waals surface area contributed by atoms with E-state index in [9.17, 15) is 8.42 Å². The van der Waals surface area contributed by atoms with Gasteiger partial charge in [0.25, 0.3) is 0 Å². The minimum Gasteiger partial charge on any atom is -0.396 e. The van der Waals surface area contributed by atoms with Gasteiger partial charge in [0.15, 0.2) is 5.82 Å². The number of aliphatic hydroxyl groups is 1. The zero-order valence-corrected chi connectivity index (χ0v) is 12.5. The Labute approximate surface area is 119 Å². The molecule has 1 aromatic heterocycles. The van der Waals surface area contributed by atoms with Crippen molar-refractivity contribution in [1.82, 2.24) is 14.1 Å². The molecule has 0 aliphatic carbocycles. The number of nitrogens with two attached hydrogens (primary N) is 1. The first kappa shape index (κ1) is 15.3. The van der Waals surface area contributed by atoms with E-state index in [0.29, 0.717) is 25.9 Å². The minimum atomic E-state index is -3.59. The normalized spacial score (nSPS) is 20.6. The van der Waals surface area contributed by atoms with Gasteiger partial charge in [-0.3, -0.25) is 4.68 Å². The molecule has 114 valence electrons. The highest BCUT2D eigenvalue weighted by Gasteiger charge is 2.36. The quantitative estimate of drug-likeness (QED) is 0.792. The van der Waals surface area contributed by atoms with Crippen molar-refractivity contribution in [2.45, 2.75) is 50.1 Å². The number of hydrogen-bond donors (Lipinski definition) is 2. The van der Waals surface area contributed by atoms with Gasteiger partial charge in [0.05, 0.1) is 0 Å². The predicted octanol–water partition coefficient (Wildman–Crippen LogP) is 0.411. The van der Waals surface area contributed by atoms with E-state index < -0.39 is 10.0 Å². The van der Waals surface area contributed by atoms with Crippen molar-refractivity contribution in [2.75, 3.05) is 18.9 Å². The smallest absolute Gasteiger partial charge is 0.248 e. The Morgan fingerprint density at radius 1 is 1.55 bits per heavy atom. The number of aliphatic hydroxyl groups excluding tert-OH is 1. The van der Waals surface area contributed by atoms with Crippen LogP contribution in [0.4, 0.5) is 5.82 Å². The minimum absolute atomic E-state index is 0.0449. The van der Waals surface area contributed by atoms with Crippen molar-refractivity contribution >= 4 is 15.8 Å². The van der Waals surface area contributed by atoms with Crippen molar-refractivity contribution in [1.29, 1.82) is 0 Å². The second-order valence-corrected chi connectivity index (χ2v) is 6.87. The fraction of sp³-hybridized carbons (Fsp3) is 0.750. The average Bonchev–Trinajstić information content (AvgIpc) is 3.02. The topological polar surface area (TPSA) is 101 Å². The van der Waals surface area contributed by atoms with Crippen LogP contribution in [0.3, 0.4) is 0 Å². The fourth-order valence-corrected chi connectivity index (χ4v) is 4.43. The molecule has 0 radical (unpaired) electrons. The lowest BCUT2D eigenvalue weighted by molar-refractivity contribution is 0.264. The van der Waals surface area contributed by atoms with Crippen LogP contribution in [-0.2, 0) is 16.6 Å². The number of aryl methyl sites for hydroxylation is 1. The summed E-state index contributed by atoms with van der Waals surface area (Å²) in [7, 11) is -3.59. The van der Waals surface area contributed by atoms with Gasteiger partial charge in [-0.25, -0.2) is 8.42 Å². The molecule has 7 nitrogen and oxygen atoms in total. The molecule has 0 spiro atoms. The maximum Gasteiger partial charge on any atom is 0.248 e. The van der Waals surface area contributed by atoms with Crippen LogP contribution in [0.5, 0.6) is 0 Å². The van der Waals surface area contributed by atoms with Crippen LogP contribution < -0.4 is 5.73 Å². The second kappa shape index (κ2) is 6.11. The van der Waals surface area contributed by atoms with Crippen LogP contribution in [0.1, 0.15) is 32.6 Å². The Kier molecular flexibility index (Phi) is 4.66. The van der Waals surface area contributed by atoms with E-state index in [1.165, 1.54) is 15.2 Å². The molecule has 0 aromatic carbocycles. The number of nitrogen functional groups attached to an aromatic ring is 1. The molecular formula is C12H22N4O3S. The van der Waals surface area contributed by atoms with Crippen LogP contribution in [0.15, 0.2) is 11.1 Å². The van der Waals surface area contributed by atoms with Crippen molar-refractivity contribution in [3.63, 3.8) is 0 Å². The standard InChI is InChI=1S/C12H22N4O3S/c1-2-15-9-11(12(13)14-15)20(18,19)16-7-3-5-10(16)6-4-8-17/h9-10,17H,2-8H2,1H3,(H2,13,14). The molecule has 0 saturated carbocycles. The average molecular weight is 302 g/mol. The molecule has 0 amide bonds. The molecule has 1 atom stereocenters. The lowest BCUT2D eigenvalue weighted by Crippen LogP contribution is -2.35. The van der Waals surface area contributed by atoms with Gasteiger partial charge in [-0.15, -0.1) is 0 Å². The Hall–Kier alpha value is -1.12. The third-order valence-corrected chi connectivity index (χ3v) is 5.65. The first-order chi connectivity index (χ1) is 9.50. The molecule has 1 aliphatic heterocycles. The lowest BCUT2D eigenvalue weighted by atomic mass is 10.1. The zero-order chi connectivity index (χ0) is 14.8. The van der Waals surface area contributed by atoms with E-state index in [4.69, 9.17) is 10.8 Å². The molecule has 8 heteroatoms. The summed E-state index contributed by atoms with van der Waals surface area (Å²) in [4.78, 5) is 0.0928. The highest BCUT2D eigenvalue weighted by Crippen LogP contribution is 2.30. The Morgan fingerprint density at radius 3 is 2.90 bits per heavy atom. The summed E-state index contributed by atoms with van der Waals surface area (Å²) in [6.07, 6.45) is 4.46. The number of sulfonamides is 1. The predicted molar refractivity (Wildman–Crippen MR) is 75.5 cm³/mol. The highest BCUT2D eigenvalue weighted by atomic mass is 32.2. The molecule has 1 fully saturated rings. The van der Waals surface area contributed by atoms with Crippen LogP contribution in [0.2, 0.25) is 0 Å². The molecule has 2 heterocycles.